The Morgan fingerprint density at radius 2 is 2.31 bits per heavy atom. The van der Waals surface area contributed by atoms with Crippen molar-refractivity contribution in [3.63, 3.8) is 0 Å². The van der Waals surface area contributed by atoms with Gasteiger partial charge in [0.05, 0.1) is 5.56 Å². The van der Waals surface area contributed by atoms with Gasteiger partial charge in [-0.1, -0.05) is 19.8 Å². The van der Waals surface area contributed by atoms with Gasteiger partial charge >= 0.3 is 5.97 Å². The Labute approximate surface area is 82.2 Å². The van der Waals surface area contributed by atoms with Gasteiger partial charge in [-0.25, -0.2) is 4.79 Å². The molecule has 0 aliphatic rings. The first-order chi connectivity index (χ1) is 6.24. The molecule has 72 valence electrons. The third-order valence-corrected chi connectivity index (χ3v) is 2.92. The minimum Gasteiger partial charge on any atom is -0.478 e. The molecule has 0 unspecified atom stereocenters. The zero-order valence-electron chi connectivity index (χ0n) is 7.75. The van der Waals surface area contributed by atoms with E-state index < -0.39 is 5.97 Å². The summed E-state index contributed by atoms with van der Waals surface area (Å²) < 4.78 is 0. The Balaban J connectivity index is 2.44. The maximum Gasteiger partial charge on any atom is 0.336 e. The third-order valence-electron chi connectivity index (χ3n) is 1.93. The molecule has 0 aliphatic carbocycles. The summed E-state index contributed by atoms with van der Waals surface area (Å²) in [5, 5.41) is 10.4. The van der Waals surface area contributed by atoms with E-state index in [1.165, 1.54) is 17.7 Å². The molecule has 0 amide bonds. The van der Waals surface area contributed by atoms with Crippen LogP contribution in [-0.4, -0.2) is 11.1 Å². The summed E-state index contributed by atoms with van der Waals surface area (Å²) in [6.45, 7) is 2.16. The Hall–Kier alpha value is -0.830. The van der Waals surface area contributed by atoms with Crippen molar-refractivity contribution in [2.75, 3.05) is 0 Å². The number of hydrogen-bond donors (Lipinski definition) is 1. The highest BCUT2D eigenvalue weighted by molar-refractivity contribution is 7.10. The molecular weight excluding hydrogens is 184 g/mol. The van der Waals surface area contributed by atoms with Crippen LogP contribution in [0.1, 0.15) is 41.4 Å². The van der Waals surface area contributed by atoms with E-state index in [2.05, 4.69) is 6.92 Å². The minimum absolute atomic E-state index is 0.427. The van der Waals surface area contributed by atoms with Crippen LogP contribution >= 0.6 is 11.3 Å². The molecule has 1 aromatic rings. The molecule has 0 spiro atoms. The second-order valence-electron chi connectivity index (χ2n) is 3.06. The molecule has 0 saturated heterocycles. The van der Waals surface area contributed by atoms with Gasteiger partial charge in [-0.3, -0.25) is 0 Å². The van der Waals surface area contributed by atoms with E-state index in [0.717, 1.165) is 12.8 Å². The number of carbonyl (C=O) groups is 1. The highest BCUT2D eigenvalue weighted by atomic mass is 32.1. The molecule has 0 radical (unpaired) electrons. The second kappa shape index (κ2) is 5.02. The molecule has 13 heavy (non-hydrogen) atoms. The summed E-state index contributed by atoms with van der Waals surface area (Å²) in [5.41, 5.74) is 0.427. The van der Waals surface area contributed by atoms with Crippen LogP contribution in [0.2, 0.25) is 0 Å². The van der Waals surface area contributed by atoms with E-state index in [9.17, 15) is 4.79 Å². The smallest absolute Gasteiger partial charge is 0.336 e. The predicted octanol–water partition coefficient (Wildman–Crippen LogP) is 3.18. The zero-order valence-corrected chi connectivity index (χ0v) is 8.56. The molecule has 0 aliphatic heterocycles. The zero-order chi connectivity index (χ0) is 9.68. The molecular formula is C10H14O2S. The van der Waals surface area contributed by atoms with E-state index in [4.69, 9.17) is 5.11 Å². The molecule has 1 heterocycles. The molecule has 0 aromatic carbocycles. The van der Waals surface area contributed by atoms with Gasteiger partial charge in [0.2, 0.25) is 0 Å². The summed E-state index contributed by atoms with van der Waals surface area (Å²) in [6, 6.07) is 1.78. The SMILES string of the molecule is CCCCCc1cc(C(=O)O)cs1. The van der Waals surface area contributed by atoms with Crippen LogP contribution in [0.25, 0.3) is 0 Å². The van der Waals surface area contributed by atoms with E-state index in [0.29, 0.717) is 5.56 Å². The normalized spacial score (nSPS) is 10.2. The van der Waals surface area contributed by atoms with Crippen LogP contribution in [0.15, 0.2) is 11.4 Å². The topological polar surface area (TPSA) is 37.3 Å². The van der Waals surface area contributed by atoms with Crippen LogP contribution in [0.5, 0.6) is 0 Å². The third kappa shape index (κ3) is 3.19. The number of aromatic carboxylic acids is 1. The number of carboxylic acids is 1. The highest BCUT2D eigenvalue weighted by Gasteiger charge is 2.05. The van der Waals surface area contributed by atoms with Crippen LogP contribution in [-0.2, 0) is 6.42 Å². The van der Waals surface area contributed by atoms with Crippen LogP contribution in [0.3, 0.4) is 0 Å². The van der Waals surface area contributed by atoms with Gasteiger partial charge in [-0.15, -0.1) is 11.3 Å². The largest absolute Gasteiger partial charge is 0.478 e. The molecule has 1 aromatic heterocycles. The van der Waals surface area contributed by atoms with Crippen molar-refractivity contribution in [2.24, 2.45) is 0 Å². The van der Waals surface area contributed by atoms with Gasteiger partial charge < -0.3 is 5.11 Å². The minimum atomic E-state index is -0.821. The molecule has 0 atom stereocenters. The molecule has 1 N–H and O–H groups in total. The number of carboxylic acid groups (broad SMARTS) is 1. The van der Waals surface area contributed by atoms with Crippen molar-refractivity contribution < 1.29 is 9.90 Å². The molecule has 0 fully saturated rings. The van der Waals surface area contributed by atoms with Crippen LogP contribution < -0.4 is 0 Å². The van der Waals surface area contributed by atoms with Crippen LogP contribution in [0.4, 0.5) is 0 Å². The highest BCUT2D eigenvalue weighted by Crippen LogP contribution is 2.17. The fourth-order valence-corrected chi connectivity index (χ4v) is 2.08. The Bertz CT molecular complexity index is 278. The molecule has 1 rings (SSSR count). The fourth-order valence-electron chi connectivity index (χ4n) is 1.17. The predicted molar refractivity (Wildman–Crippen MR) is 54.5 cm³/mol. The van der Waals surface area contributed by atoms with Crippen LogP contribution in [0, 0.1) is 0 Å². The monoisotopic (exact) mass is 198 g/mol. The Morgan fingerprint density at radius 1 is 1.54 bits per heavy atom. The fraction of sp³-hybridized carbons (Fsp3) is 0.500. The van der Waals surface area contributed by atoms with E-state index in [-0.39, 0.29) is 0 Å². The lowest BCUT2D eigenvalue weighted by Crippen LogP contribution is -1.92. The summed E-state index contributed by atoms with van der Waals surface area (Å²) in [7, 11) is 0. The van der Waals surface area contributed by atoms with Crippen molar-refractivity contribution in [2.45, 2.75) is 32.6 Å². The lowest BCUT2D eigenvalue weighted by Gasteiger charge is -1.94. The van der Waals surface area contributed by atoms with Gasteiger partial charge in [0, 0.05) is 10.3 Å². The molecule has 3 heteroatoms. The van der Waals surface area contributed by atoms with Crippen molar-refractivity contribution in [1.29, 1.82) is 0 Å². The first-order valence-corrected chi connectivity index (χ1v) is 5.42. The lowest BCUT2D eigenvalue weighted by atomic mass is 10.2. The van der Waals surface area contributed by atoms with Gasteiger partial charge in [0.25, 0.3) is 0 Å². The quantitative estimate of drug-likeness (QED) is 0.738. The number of rotatable bonds is 5. The average molecular weight is 198 g/mol. The lowest BCUT2D eigenvalue weighted by molar-refractivity contribution is 0.0697. The Morgan fingerprint density at radius 3 is 2.85 bits per heavy atom. The molecule has 2 nitrogen and oxygen atoms in total. The maximum absolute atomic E-state index is 10.6. The Kier molecular flexibility index (Phi) is 3.96. The van der Waals surface area contributed by atoms with Gasteiger partial charge in [-0.2, -0.15) is 0 Å². The van der Waals surface area contributed by atoms with Gasteiger partial charge in [0.15, 0.2) is 0 Å². The number of aryl methyl sites for hydroxylation is 1. The van der Waals surface area contributed by atoms with Crippen molar-refractivity contribution in [3.8, 4) is 0 Å². The van der Waals surface area contributed by atoms with E-state index in [1.54, 1.807) is 22.8 Å². The standard InChI is InChI=1S/C10H14O2S/c1-2-3-4-5-9-6-8(7-13-9)10(11)12/h6-7H,2-5H2,1H3,(H,11,12). The number of unbranched alkanes of at least 4 members (excludes halogenated alkanes) is 2. The van der Waals surface area contributed by atoms with E-state index in [1.807, 2.05) is 0 Å². The van der Waals surface area contributed by atoms with Crippen molar-refractivity contribution in [3.05, 3.63) is 21.9 Å². The van der Waals surface area contributed by atoms with Crippen molar-refractivity contribution in [1.82, 2.24) is 0 Å². The summed E-state index contributed by atoms with van der Waals surface area (Å²) >= 11 is 1.55. The first-order valence-electron chi connectivity index (χ1n) is 4.54. The average Bonchev–Trinajstić information content (AvgIpc) is 2.53. The van der Waals surface area contributed by atoms with Crippen molar-refractivity contribution >= 4 is 17.3 Å². The second-order valence-corrected chi connectivity index (χ2v) is 4.06. The van der Waals surface area contributed by atoms with E-state index >= 15 is 0 Å². The van der Waals surface area contributed by atoms with Gasteiger partial charge in [0.1, 0.15) is 0 Å². The summed E-state index contributed by atoms with van der Waals surface area (Å²) in [5.74, 6) is -0.821. The molecule has 0 bridgehead atoms. The summed E-state index contributed by atoms with van der Waals surface area (Å²) in [4.78, 5) is 11.7. The first kappa shape index (κ1) is 10.3. The summed E-state index contributed by atoms with van der Waals surface area (Å²) in [6.07, 6.45) is 4.61. The molecule has 0 saturated carbocycles. The number of hydrogen-bond acceptors (Lipinski definition) is 2. The number of thiophene rings is 1. The maximum atomic E-state index is 10.6. The van der Waals surface area contributed by atoms with Gasteiger partial charge in [-0.05, 0) is 18.9 Å².